The van der Waals surface area contributed by atoms with E-state index in [-0.39, 0.29) is 0 Å². The molecule has 0 aromatic heterocycles. The third-order valence-electron chi connectivity index (χ3n) is 3.30. The zero-order valence-corrected chi connectivity index (χ0v) is 14.9. The Kier molecular flexibility index (Phi) is 5.54. The van der Waals surface area contributed by atoms with Gasteiger partial charge in [0.25, 0.3) is 0 Å². The van der Waals surface area contributed by atoms with Crippen LogP contribution in [0.25, 0.3) is 0 Å². The van der Waals surface area contributed by atoms with Crippen molar-refractivity contribution in [3.63, 3.8) is 0 Å². The third-order valence-corrected chi connectivity index (χ3v) is 4.04. The summed E-state index contributed by atoms with van der Waals surface area (Å²) in [5.74, 6) is 0. The van der Waals surface area contributed by atoms with Crippen molar-refractivity contribution in [1.82, 2.24) is 0 Å². The van der Waals surface area contributed by atoms with E-state index in [9.17, 15) is 0 Å². The van der Waals surface area contributed by atoms with Crippen LogP contribution in [0, 0.1) is 0 Å². The lowest BCUT2D eigenvalue weighted by molar-refractivity contribution is 0.789. The molecule has 0 amide bonds. The van der Waals surface area contributed by atoms with Gasteiger partial charge in [-0.15, -0.1) is 0 Å². The van der Waals surface area contributed by atoms with Gasteiger partial charge in [0, 0.05) is 29.6 Å². The molecule has 1 N–H and O–H groups in total. The Morgan fingerprint density at radius 1 is 1.14 bits per heavy atom. The lowest BCUT2D eigenvalue weighted by Crippen LogP contribution is -2.20. The van der Waals surface area contributed by atoms with Crippen molar-refractivity contribution in [2.75, 3.05) is 24.3 Å². The lowest BCUT2D eigenvalue weighted by Gasteiger charge is -2.22. The van der Waals surface area contributed by atoms with E-state index in [4.69, 9.17) is 11.6 Å². The maximum Gasteiger partial charge on any atom is 0.0597 e. The summed E-state index contributed by atoms with van der Waals surface area (Å²) in [5, 5.41) is 4.37. The van der Waals surface area contributed by atoms with Crippen LogP contribution in [0.3, 0.4) is 0 Å². The number of halogens is 2. The summed E-state index contributed by atoms with van der Waals surface area (Å²) in [6, 6.07) is 14.7. The molecule has 0 heterocycles. The summed E-state index contributed by atoms with van der Waals surface area (Å²) in [6.07, 6.45) is 0.955. The van der Waals surface area contributed by atoms with E-state index < -0.39 is 0 Å². The van der Waals surface area contributed by atoms with Gasteiger partial charge in [-0.1, -0.05) is 39.7 Å². The first-order valence-electron chi connectivity index (χ1n) is 6.93. The minimum absolute atomic E-state index is 0.333. The van der Waals surface area contributed by atoms with E-state index in [1.54, 1.807) is 0 Å². The first-order valence-corrected chi connectivity index (χ1v) is 8.10. The zero-order valence-electron chi connectivity index (χ0n) is 12.5. The summed E-state index contributed by atoms with van der Waals surface area (Å²) in [4.78, 5) is 2.11. The van der Waals surface area contributed by atoms with Crippen LogP contribution in [-0.2, 0) is 6.42 Å². The summed E-state index contributed by atoms with van der Waals surface area (Å²) in [5.41, 5.74) is 3.60. The van der Waals surface area contributed by atoms with Gasteiger partial charge in [-0.2, -0.15) is 0 Å². The molecule has 0 aliphatic heterocycles. The fraction of sp³-hybridized carbons (Fsp3) is 0.294. The molecule has 0 radical (unpaired) electrons. The van der Waals surface area contributed by atoms with Crippen molar-refractivity contribution in [3.8, 4) is 0 Å². The number of rotatable bonds is 5. The second kappa shape index (κ2) is 7.19. The maximum atomic E-state index is 5.92. The van der Waals surface area contributed by atoms with Gasteiger partial charge >= 0.3 is 0 Å². The SMILES string of the molecule is CC(Cc1ccc(Cl)cc1)Nc1cc(Br)ccc1N(C)C. The van der Waals surface area contributed by atoms with E-state index in [0.717, 1.165) is 21.6 Å². The molecule has 112 valence electrons. The molecule has 0 fully saturated rings. The van der Waals surface area contributed by atoms with Crippen molar-refractivity contribution in [3.05, 3.63) is 57.5 Å². The number of nitrogens with one attached hydrogen (secondary N) is 1. The first kappa shape index (κ1) is 16.2. The molecule has 2 rings (SSSR count). The van der Waals surface area contributed by atoms with Gasteiger partial charge < -0.3 is 10.2 Å². The minimum Gasteiger partial charge on any atom is -0.381 e. The Labute approximate surface area is 140 Å². The molecule has 0 saturated heterocycles. The van der Waals surface area contributed by atoms with E-state index in [0.29, 0.717) is 6.04 Å². The number of hydrogen-bond donors (Lipinski definition) is 1. The van der Waals surface area contributed by atoms with E-state index in [1.165, 1.54) is 11.3 Å². The Bertz CT molecular complexity index is 596. The quantitative estimate of drug-likeness (QED) is 0.780. The topological polar surface area (TPSA) is 15.3 Å². The fourth-order valence-corrected chi connectivity index (χ4v) is 2.79. The molecule has 0 aliphatic rings. The highest BCUT2D eigenvalue weighted by molar-refractivity contribution is 9.10. The molecular weight excluding hydrogens is 348 g/mol. The normalized spacial score (nSPS) is 12.0. The van der Waals surface area contributed by atoms with Crippen molar-refractivity contribution < 1.29 is 0 Å². The van der Waals surface area contributed by atoms with Gasteiger partial charge in [-0.3, -0.25) is 0 Å². The monoisotopic (exact) mass is 366 g/mol. The first-order chi connectivity index (χ1) is 9.95. The van der Waals surface area contributed by atoms with E-state index in [2.05, 4.69) is 77.5 Å². The van der Waals surface area contributed by atoms with Crippen LogP contribution in [0.5, 0.6) is 0 Å². The predicted octanol–water partition coefficient (Wildman–Crippen LogP) is 5.21. The molecule has 2 nitrogen and oxygen atoms in total. The van der Waals surface area contributed by atoms with Crippen LogP contribution in [-0.4, -0.2) is 20.1 Å². The average molecular weight is 368 g/mol. The van der Waals surface area contributed by atoms with Crippen LogP contribution < -0.4 is 10.2 Å². The Hall–Kier alpha value is -1.19. The van der Waals surface area contributed by atoms with Crippen LogP contribution in [0.4, 0.5) is 11.4 Å². The second-order valence-corrected chi connectivity index (χ2v) is 6.78. The number of anilines is 2. The molecule has 1 atom stereocenters. The smallest absolute Gasteiger partial charge is 0.0597 e. The van der Waals surface area contributed by atoms with Crippen molar-refractivity contribution in [1.29, 1.82) is 0 Å². The number of nitrogens with zero attached hydrogens (tertiary/aromatic N) is 1. The fourth-order valence-electron chi connectivity index (χ4n) is 2.30. The van der Waals surface area contributed by atoms with Crippen LogP contribution in [0.2, 0.25) is 5.02 Å². The van der Waals surface area contributed by atoms with Gasteiger partial charge in [-0.25, -0.2) is 0 Å². The van der Waals surface area contributed by atoms with Crippen LogP contribution in [0.15, 0.2) is 46.9 Å². The Morgan fingerprint density at radius 2 is 1.81 bits per heavy atom. The molecule has 4 heteroatoms. The molecule has 21 heavy (non-hydrogen) atoms. The third kappa shape index (κ3) is 4.65. The maximum absolute atomic E-state index is 5.92. The van der Waals surface area contributed by atoms with E-state index >= 15 is 0 Å². The molecule has 0 spiro atoms. The van der Waals surface area contributed by atoms with Crippen molar-refractivity contribution >= 4 is 38.9 Å². The van der Waals surface area contributed by atoms with Crippen LogP contribution in [0.1, 0.15) is 12.5 Å². The van der Waals surface area contributed by atoms with Crippen molar-refractivity contribution in [2.45, 2.75) is 19.4 Å². The summed E-state index contributed by atoms with van der Waals surface area (Å²) < 4.78 is 1.08. The summed E-state index contributed by atoms with van der Waals surface area (Å²) in [7, 11) is 4.11. The number of benzene rings is 2. The Balaban J connectivity index is 2.10. The molecule has 0 bridgehead atoms. The predicted molar refractivity (Wildman–Crippen MR) is 96.7 cm³/mol. The van der Waals surface area contributed by atoms with Gasteiger partial charge in [0.1, 0.15) is 0 Å². The second-order valence-electron chi connectivity index (χ2n) is 5.43. The highest BCUT2D eigenvalue weighted by Crippen LogP contribution is 2.29. The van der Waals surface area contributed by atoms with E-state index in [1.807, 2.05) is 12.1 Å². The average Bonchev–Trinajstić information content (AvgIpc) is 2.41. The zero-order chi connectivity index (χ0) is 15.4. The highest BCUT2D eigenvalue weighted by atomic mass is 79.9. The summed E-state index contributed by atoms with van der Waals surface area (Å²) >= 11 is 9.46. The molecular formula is C17H20BrClN2. The lowest BCUT2D eigenvalue weighted by atomic mass is 10.1. The molecule has 1 unspecified atom stereocenters. The molecule has 0 saturated carbocycles. The van der Waals surface area contributed by atoms with Gasteiger partial charge in [0.2, 0.25) is 0 Å². The van der Waals surface area contributed by atoms with Gasteiger partial charge in [0.15, 0.2) is 0 Å². The van der Waals surface area contributed by atoms with Gasteiger partial charge in [-0.05, 0) is 49.2 Å². The largest absolute Gasteiger partial charge is 0.381 e. The van der Waals surface area contributed by atoms with Crippen LogP contribution >= 0.6 is 27.5 Å². The Morgan fingerprint density at radius 3 is 2.43 bits per heavy atom. The highest BCUT2D eigenvalue weighted by Gasteiger charge is 2.09. The van der Waals surface area contributed by atoms with Gasteiger partial charge in [0.05, 0.1) is 11.4 Å². The minimum atomic E-state index is 0.333. The van der Waals surface area contributed by atoms with Crippen molar-refractivity contribution in [2.24, 2.45) is 0 Å². The molecule has 2 aromatic rings. The molecule has 0 aliphatic carbocycles. The molecule has 2 aromatic carbocycles. The number of hydrogen-bond acceptors (Lipinski definition) is 2. The summed E-state index contributed by atoms with van der Waals surface area (Å²) in [6.45, 7) is 2.19. The standard InChI is InChI=1S/C17H20BrClN2/c1-12(10-13-4-7-15(19)8-5-13)20-16-11-14(18)6-9-17(16)21(2)3/h4-9,11-12,20H,10H2,1-3H3.